The van der Waals surface area contributed by atoms with Gasteiger partial charge in [0.15, 0.2) is 0 Å². The molecule has 0 radical (unpaired) electrons. The Hall–Kier alpha value is -1.06. The van der Waals surface area contributed by atoms with Crippen LogP contribution in [0.4, 0.5) is 0 Å². The molecule has 0 aliphatic heterocycles. The third kappa shape index (κ3) is 4.67. The second-order valence-electron chi connectivity index (χ2n) is 7.47. The van der Waals surface area contributed by atoms with Crippen molar-refractivity contribution >= 4 is 11.8 Å². The van der Waals surface area contributed by atoms with Gasteiger partial charge in [0, 0.05) is 0 Å². The standard InChI is InChI=1S/C14H28N2O2/c1-12(2,3)9-14(7,13(4,5)6)11(18)16-8-10(15)17/h8-9H2,1-7H3,(H2,15,17)(H,16,18). The van der Waals surface area contributed by atoms with Gasteiger partial charge in [-0.2, -0.15) is 0 Å². The summed E-state index contributed by atoms with van der Waals surface area (Å²) in [6, 6.07) is 0. The van der Waals surface area contributed by atoms with Gasteiger partial charge in [0.05, 0.1) is 12.0 Å². The summed E-state index contributed by atoms with van der Waals surface area (Å²) in [7, 11) is 0. The van der Waals surface area contributed by atoms with E-state index in [1.165, 1.54) is 0 Å². The predicted octanol–water partition coefficient (Wildman–Crippen LogP) is 2.08. The normalized spacial score (nSPS) is 15.9. The van der Waals surface area contributed by atoms with Crippen LogP contribution in [0.25, 0.3) is 0 Å². The van der Waals surface area contributed by atoms with Gasteiger partial charge in [-0.25, -0.2) is 0 Å². The molecule has 106 valence electrons. The fourth-order valence-electron chi connectivity index (χ4n) is 2.11. The first-order valence-corrected chi connectivity index (χ1v) is 6.36. The zero-order valence-corrected chi connectivity index (χ0v) is 12.8. The van der Waals surface area contributed by atoms with Gasteiger partial charge in [0.25, 0.3) is 0 Å². The minimum absolute atomic E-state index is 0.0338. The molecule has 0 aromatic heterocycles. The maximum atomic E-state index is 12.4. The van der Waals surface area contributed by atoms with E-state index in [1.807, 2.05) is 27.7 Å². The minimum atomic E-state index is -0.541. The maximum Gasteiger partial charge on any atom is 0.236 e. The molecule has 0 saturated carbocycles. The van der Waals surface area contributed by atoms with Gasteiger partial charge in [0.1, 0.15) is 0 Å². The highest BCUT2D eigenvalue weighted by Gasteiger charge is 2.46. The summed E-state index contributed by atoms with van der Waals surface area (Å²) in [5, 5.41) is 2.64. The molecule has 0 rings (SSSR count). The van der Waals surface area contributed by atoms with Crippen molar-refractivity contribution in [2.45, 2.75) is 54.9 Å². The Labute approximate surface area is 111 Å². The highest BCUT2D eigenvalue weighted by Crippen LogP contribution is 2.46. The molecule has 0 aliphatic rings. The highest BCUT2D eigenvalue weighted by molar-refractivity contribution is 5.87. The summed E-state index contributed by atoms with van der Waals surface area (Å²) in [5.74, 6) is -0.626. The summed E-state index contributed by atoms with van der Waals surface area (Å²) in [6.07, 6.45) is 0.744. The van der Waals surface area contributed by atoms with Crippen LogP contribution in [0.2, 0.25) is 0 Å². The predicted molar refractivity (Wildman–Crippen MR) is 73.8 cm³/mol. The Morgan fingerprint density at radius 3 is 1.72 bits per heavy atom. The molecule has 2 amide bonds. The van der Waals surface area contributed by atoms with Gasteiger partial charge in [0.2, 0.25) is 11.8 Å². The van der Waals surface area contributed by atoms with E-state index < -0.39 is 11.3 Å². The van der Waals surface area contributed by atoms with Crippen LogP contribution in [0.3, 0.4) is 0 Å². The lowest BCUT2D eigenvalue weighted by atomic mass is 9.61. The third-order valence-electron chi connectivity index (χ3n) is 3.46. The van der Waals surface area contributed by atoms with Crippen molar-refractivity contribution in [2.75, 3.05) is 6.54 Å². The van der Waals surface area contributed by atoms with Crippen LogP contribution in [-0.4, -0.2) is 18.4 Å². The topological polar surface area (TPSA) is 72.2 Å². The largest absolute Gasteiger partial charge is 0.368 e. The molecule has 0 heterocycles. The molecule has 0 aromatic carbocycles. The zero-order chi connectivity index (χ0) is 14.8. The first-order valence-electron chi connectivity index (χ1n) is 6.36. The summed E-state index contributed by atoms with van der Waals surface area (Å²) in [4.78, 5) is 23.1. The summed E-state index contributed by atoms with van der Waals surface area (Å²) >= 11 is 0. The molecule has 0 fully saturated rings. The summed E-state index contributed by atoms with van der Waals surface area (Å²) in [5.41, 5.74) is 4.37. The van der Waals surface area contributed by atoms with Gasteiger partial charge >= 0.3 is 0 Å². The lowest BCUT2D eigenvalue weighted by molar-refractivity contribution is -0.140. The van der Waals surface area contributed by atoms with Crippen molar-refractivity contribution in [3.05, 3.63) is 0 Å². The molecule has 4 nitrogen and oxygen atoms in total. The van der Waals surface area contributed by atoms with Crippen LogP contribution in [0.5, 0.6) is 0 Å². The van der Waals surface area contributed by atoms with Crippen molar-refractivity contribution in [1.29, 1.82) is 0 Å². The van der Waals surface area contributed by atoms with E-state index in [2.05, 4.69) is 26.1 Å². The molecular weight excluding hydrogens is 228 g/mol. The number of rotatable bonds is 4. The van der Waals surface area contributed by atoms with Gasteiger partial charge in [-0.1, -0.05) is 48.5 Å². The van der Waals surface area contributed by atoms with Crippen LogP contribution in [0, 0.1) is 16.2 Å². The van der Waals surface area contributed by atoms with Crippen molar-refractivity contribution in [3.63, 3.8) is 0 Å². The number of hydrogen-bond acceptors (Lipinski definition) is 2. The number of nitrogens with one attached hydrogen (secondary N) is 1. The first kappa shape index (κ1) is 16.9. The minimum Gasteiger partial charge on any atom is -0.368 e. The molecule has 0 spiro atoms. The molecule has 0 saturated heterocycles. The molecular formula is C14H28N2O2. The van der Waals surface area contributed by atoms with E-state index in [1.54, 1.807) is 0 Å². The lowest BCUT2D eigenvalue weighted by Gasteiger charge is -2.44. The maximum absolute atomic E-state index is 12.4. The summed E-state index contributed by atoms with van der Waals surface area (Å²) in [6.45, 7) is 14.3. The number of carbonyl (C=O) groups is 2. The number of hydrogen-bond donors (Lipinski definition) is 2. The fraction of sp³-hybridized carbons (Fsp3) is 0.857. The molecule has 0 aromatic rings. The van der Waals surface area contributed by atoms with Crippen molar-refractivity contribution in [3.8, 4) is 0 Å². The van der Waals surface area contributed by atoms with Crippen LogP contribution in [0.1, 0.15) is 54.9 Å². The highest BCUT2D eigenvalue weighted by atomic mass is 16.2. The van der Waals surface area contributed by atoms with Gasteiger partial charge in [-0.15, -0.1) is 0 Å². The van der Waals surface area contributed by atoms with Crippen LogP contribution in [-0.2, 0) is 9.59 Å². The van der Waals surface area contributed by atoms with E-state index >= 15 is 0 Å². The molecule has 0 bridgehead atoms. The quantitative estimate of drug-likeness (QED) is 0.808. The number of primary amides is 1. The van der Waals surface area contributed by atoms with E-state index in [4.69, 9.17) is 5.73 Å². The van der Waals surface area contributed by atoms with E-state index in [9.17, 15) is 9.59 Å². The van der Waals surface area contributed by atoms with Crippen molar-refractivity contribution in [1.82, 2.24) is 5.32 Å². The van der Waals surface area contributed by atoms with Crippen molar-refractivity contribution < 1.29 is 9.59 Å². The fourth-order valence-corrected chi connectivity index (χ4v) is 2.11. The molecule has 1 atom stereocenters. The summed E-state index contributed by atoms with van der Waals surface area (Å²) < 4.78 is 0. The number of carbonyl (C=O) groups excluding carboxylic acids is 2. The van der Waals surface area contributed by atoms with Crippen LogP contribution < -0.4 is 11.1 Å². The second-order valence-corrected chi connectivity index (χ2v) is 7.47. The molecule has 3 N–H and O–H groups in total. The zero-order valence-electron chi connectivity index (χ0n) is 12.8. The smallest absolute Gasteiger partial charge is 0.236 e. The van der Waals surface area contributed by atoms with Gasteiger partial charge in [-0.3, -0.25) is 9.59 Å². The van der Waals surface area contributed by atoms with E-state index in [0.717, 1.165) is 6.42 Å². The Kier molecular flexibility index (Phi) is 4.98. The van der Waals surface area contributed by atoms with E-state index in [-0.39, 0.29) is 23.3 Å². The van der Waals surface area contributed by atoms with Crippen molar-refractivity contribution in [2.24, 2.45) is 22.0 Å². The lowest BCUT2D eigenvalue weighted by Crippen LogP contribution is -2.50. The SMILES string of the molecule is CC(C)(C)CC(C)(C(=O)NCC(N)=O)C(C)(C)C. The third-order valence-corrected chi connectivity index (χ3v) is 3.46. The molecule has 18 heavy (non-hydrogen) atoms. The Bertz CT molecular complexity index is 324. The first-order chi connectivity index (χ1) is 7.79. The monoisotopic (exact) mass is 256 g/mol. The number of amides is 2. The van der Waals surface area contributed by atoms with Gasteiger partial charge in [-0.05, 0) is 17.3 Å². The van der Waals surface area contributed by atoms with Crippen LogP contribution in [0.15, 0.2) is 0 Å². The van der Waals surface area contributed by atoms with Gasteiger partial charge < -0.3 is 11.1 Å². The average Bonchev–Trinajstić information content (AvgIpc) is 2.09. The van der Waals surface area contributed by atoms with E-state index in [0.29, 0.717) is 0 Å². The molecule has 1 unspecified atom stereocenters. The average molecular weight is 256 g/mol. The Balaban J connectivity index is 5.11. The van der Waals surface area contributed by atoms with Crippen LogP contribution >= 0.6 is 0 Å². The second kappa shape index (κ2) is 5.29. The molecule has 4 heteroatoms. The Morgan fingerprint density at radius 2 is 1.44 bits per heavy atom. The Morgan fingerprint density at radius 1 is 1.00 bits per heavy atom. The molecule has 0 aliphatic carbocycles. The number of nitrogens with two attached hydrogens (primary N) is 1.